The van der Waals surface area contributed by atoms with Crippen LogP contribution in [0.25, 0.3) is 0 Å². The lowest BCUT2D eigenvalue weighted by Gasteiger charge is -2.26. The number of benzene rings is 2. The molecule has 0 heterocycles. The van der Waals surface area contributed by atoms with Crippen LogP contribution in [0.15, 0.2) is 47.4 Å². The van der Waals surface area contributed by atoms with Crippen molar-refractivity contribution in [3.63, 3.8) is 0 Å². The third-order valence-electron chi connectivity index (χ3n) is 3.90. The number of ether oxygens (including phenoxy) is 2. The maximum absolute atomic E-state index is 13.3. The average molecular weight is 402 g/mol. The molecule has 0 aliphatic rings. The third-order valence-corrected chi connectivity index (χ3v) is 6.08. The first kappa shape index (κ1) is 20.8. The highest BCUT2D eigenvalue weighted by atomic mass is 35.5. The van der Waals surface area contributed by atoms with Crippen molar-refractivity contribution < 1.29 is 22.3 Å². The van der Waals surface area contributed by atoms with Gasteiger partial charge in [-0.25, -0.2) is 12.8 Å². The molecule has 0 aliphatic carbocycles. The van der Waals surface area contributed by atoms with E-state index in [4.69, 9.17) is 21.1 Å². The highest BCUT2D eigenvalue weighted by Gasteiger charge is 2.28. The number of nitrogens with zero attached hydrogens (tertiary/aromatic N) is 1. The summed E-state index contributed by atoms with van der Waals surface area (Å²) in [6.07, 6.45) is -0.755. The molecule has 0 aliphatic heterocycles. The van der Waals surface area contributed by atoms with Crippen molar-refractivity contribution in [1.82, 2.24) is 4.31 Å². The molecule has 0 radical (unpaired) electrons. The molecular weight excluding hydrogens is 381 g/mol. The van der Waals surface area contributed by atoms with Crippen LogP contribution < -0.4 is 0 Å². The molecule has 2 aromatic carbocycles. The van der Waals surface area contributed by atoms with Gasteiger partial charge in [-0.3, -0.25) is 0 Å². The molecular formula is C18H21ClFNO4S. The number of hydrogen-bond donors (Lipinski definition) is 0. The van der Waals surface area contributed by atoms with Gasteiger partial charge in [-0.15, -0.1) is 0 Å². The largest absolute Gasteiger partial charge is 0.354 e. The molecule has 2 rings (SSSR count). The summed E-state index contributed by atoms with van der Waals surface area (Å²) in [4.78, 5) is 0.146. The predicted octanol–water partition coefficient (Wildman–Crippen LogP) is 3.60. The second kappa shape index (κ2) is 8.92. The van der Waals surface area contributed by atoms with Gasteiger partial charge in [0.1, 0.15) is 5.82 Å². The van der Waals surface area contributed by atoms with Crippen molar-refractivity contribution in [2.45, 2.75) is 24.7 Å². The molecule has 0 saturated heterocycles. The second-order valence-corrected chi connectivity index (χ2v) is 8.09. The lowest BCUT2D eigenvalue weighted by molar-refractivity contribution is -0.108. The van der Waals surface area contributed by atoms with Crippen LogP contribution in [0, 0.1) is 12.7 Å². The van der Waals surface area contributed by atoms with Crippen LogP contribution >= 0.6 is 11.6 Å². The normalized spacial score (nSPS) is 12.1. The van der Waals surface area contributed by atoms with Gasteiger partial charge in [0.2, 0.25) is 10.0 Å². The van der Waals surface area contributed by atoms with Gasteiger partial charge in [0, 0.05) is 25.8 Å². The fourth-order valence-corrected chi connectivity index (χ4v) is 3.99. The Hall–Kier alpha value is -1.51. The molecule has 26 heavy (non-hydrogen) atoms. The van der Waals surface area contributed by atoms with Crippen molar-refractivity contribution in [3.8, 4) is 0 Å². The Kier molecular flexibility index (Phi) is 7.14. The zero-order chi connectivity index (χ0) is 19.3. The van der Waals surface area contributed by atoms with Crippen molar-refractivity contribution in [2.75, 3.05) is 20.8 Å². The minimum atomic E-state index is -3.84. The first-order valence-electron chi connectivity index (χ1n) is 7.84. The zero-order valence-corrected chi connectivity index (χ0v) is 16.3. The van der Waals surface area contributed by atoms with Gasteiger partial charge in [-0.05, 0) is 36.8 Å². The summed E-state index contributed by atoms with van der Waals surface area (Å²) in [5.41, 5.74) is 1.43. The van der Waals surface area contributed by atoms with Gasteiger partial charge in [-0.1, -0.05) is 35.4 Å². The van der Waals surface area contributed by atoms with E-state index in [0.717, 1.165) is 11.6 Å². The Labute approximate surface area is 158 Å². The fourth-order valence-electron chi connectivity index (χ4n) is 2.36. The van der Waals surface area contributed by atoms with Crippen LogP contribution in [0.5, 0.6) is 0 Å². The van der Waals surface area contributed by atoms with E-state index in [0.29, 0.717) is 5.56 Å². The van der Waals surface area contributed by atoms with Crippen molar-refractivity contribution in [3.05, 3.63) is 64.4 Å². The lowest BCUT2D eigenvalue weighted by atomic mass is 10.2. The topological polar surface area (TPSA) is 55.8 Å². The molecule has 142 valence electrons. The van der Waals surface area contributed by atoms with Crippen molar-refractivity contribution in [1.29, 1.82) is 0 Å². The molecule has 0 saturated carbocycles. The molecule has 0 amide bonds. The number of rotatable bonds is 8. The monoisotopic (exact) mass is 401 g/mol. The van der Waals surface area contributed by atoms with Crippen LogP contribution in [-0.4, -0.2) is 39.8 Å². The summed E-state index contributed by atoms with van der Waals surface area (Å²) in [5, 5.41) is 0.153. The van der Waals surface area contributed by atoms with Crippen molar-refractivity contribution in [2.24, 2.45) is 0 Å². The number of halogens is 2. The van der Waals surface area contributed by atoms with Crippen LogP contribution in [0.1, 0.15) is 11.1 Å². The molecule has 0 bridgehead atoms. The van der Waals surface area contributed by atoms with E-state index in [2.05, 4.69) is 0 Å². The maximum atomic E-state index is 13.3. The van der Waals surface area contributed by atoms with Gasteiger partial charge in [0.05, 0.1) is 11.4 Å². The molecule has 0 atom stereocenters. The first-order chi connectivity index (χ1) is 12.3. The fraction of sp³-hybridized carbons (Fsp3) is 0.333. The Morgan fingerprint density at radius 3 is 2.27 bits per heavy atom. The number of sulfonamides is 1. The maximum Gasteiger partial charge on any atom is 0.243 e. The van der Waals surface area contributed by atoms with E-state index in [1.54, 1.807) is 24.3 Å². The molecule has 8 heteroatoms. The summed E-state index contributed by atoms with van der Waals surface area (Å²) in [5.74, 6) is -0.488. The minimum Gasteiger partial charge on any atom is -0.354 e. The molecule has 0 spiro atoms. The third kappa shape index (κ3) is 5.02. The quantitative estimate of drug-likeness (QED) is 0.634. The number of hydrogen-bond acceptors (Lipinski definition) is 4. The Bertz CT molecular complexity index is 839. The smallest absolute Gasteiger partial charge is 0.243 e. The van der Waals surface area contributed by atoms with Crippen LogP contribution in [0.2, 0.25) is 5.02 Å². The van der Waals surface area contributed by atoms with Gasteiger partial charge in [-0.2, -0.15) is 4.31 Å². The Balaban J connectivity index is 2.40. The zero-order valence-electron chi connectivity index (χ0n) is 14.8. The second-order valence-electron chi connectivity index (χ2n) is 5.75. The summed E-state index contributed by atoms with van der Waals surface area (Å²) >= 11 is 6.07. The molecule has 0 fully saturated rings. The van der Waals surface area contributed by atoms with Gasteiger partial charge in [0.15, 0.2) is 6.29 Å². The van der Waals surface area contributed by atoms with E-state index < -0.39 is 22.1 Å². The summed E-state index contributed by atoms with van der Waals surface area (Å²) < 4.78 is 51.0. The molecule has 0 aromatic heterocycles. The molecule has 2 aromatic rings. The predicted molar refractivity (Wildman–Crippen MR) is 98.0 cm³/mol. The van der Waals surface area contributed by atoms with Gasteiger partial charge in [0.25, 0.3) is 0 Å². The Morgan fingerprint density at radius 2 is 1.73 bits per heavy atom. The highest BCUT2D eigenvalue weighted by molar-refractivity contribution is 7.89. The number of methoxy groups -OCH3 is 2. The van der Waals surface area contributed by atoms with E-state index in [1.165, 1.54) is 30.7 Å². The minimum absolute atomic E-state index is 0.0431. The van der Waals surface area contributed by atoms with E-state index >= 15 is 0 Å². The molecule has 0 unspecified atom stereocenters. The lowest BCUT2D eigenvalue weighted by Crippen LogP contribution is -2.38. The highest BCUT2D eigenvalue weighted by Crippen LogP contribution is 2.24. The Morgan fingerprint density at radius 1 is 1.12 bits per heavy atom. The SMILES string of the molecule is COC(CN(Cc1ccc(F)cc1Cl)S(=O)(=O)c1ccc(C)cc1)OC. The van der Waals surface area contributed by atoms with Crippen LogP contribution in [0.4, 0.5) is 4.39 Å². The van der Waals surface area contributed by atoms with Crippen LogP contribution in [-0.2, 0) is 26.0 Å². The standard InChI is InChI=1S/C18H21ClFNO4S/c1-13-4-8-16(9-5-13)26(22,23)21(12-18(24-2)25-3)11-14-6-7-15(20)10-17(14)19/h4-10,18H,11-12H2,1-3H3. The van der Waals surface area contributed by atoms with Gasteiger partial charge >= 0.3 is 0 Å². The van der Waals surface area contributed by atoms with Gasteiger partial charge < -0.3 is 9.47 Å². The van der Waals surface area contributed by atoms with E-state index in [-0.39, 0.29) is 23.0 Å². The first-order valence-corrected chi connectivity index (χ1v) is 9.66. The summed E-state index contributed by atoms with van der Waals surface area (Å²) in [6, 6.07) is 10.4. The van der Waals surface area contributed by atoms with Crippen LogP contribution in [0.3, 0.4) is 0 Å². The average Bonchev–Trinajstić information content (AvgIpc) is 2.60. The number of aryl methyl sites for hydroxylation is 1. The summed E-state index contributed by atoms with van der Waals surface area (Å²) in [7, 11) is -0.985. The molecule has 5 nitrogen and oxygen atoms in total. The molecule has 0 N–H and O–H groups in total. The summed E-state index contributed by atoms with van der Waals surface area (Å²) in [6.45, 7) is 1.79. The van der Waals surface area contributed by atoms with Crippen molar-refractivity contribution >= 4 is 21.6 Å². The van der Waals surface area contributed by atoms with E-state index in [1.807, 2.05) is 6.92 Å². The van der Waals surface area contributed by atoms with E-state index in [9.17, 15) is 12.8 Å².